The molecule has 1 atom stereocenters. The molecule has 1 unspecified atom stereocenters. The van der Waals surface area contributed by atoms with Crippen LogP contribution in [0.2, 0.25) is 5.02 Å². The Labute approximate surface area is 157 Å². The predicted octanol–water partition coefficient (Wildman–Crippen LogP) is 3.22. The van der Waals surface area contributed by atoms with Gasteiger partial charge in [0.05, 0.1) is 17.0 Å². The molecule has 1 heterocycles. The standard InChI is InChI=1S/C18H18ClFN2O3S/c1-12-9-13-5-3-4-6-17(13)22(12)18(23)11-21(26(2,24)25)14-7-8-16(20)15(19)10-14/h3-8,10,12H,9,11H2,1-2H3. The van der Waals surface area contributed by atoms with E-state index in [0.717, 1.165) is 27.9 Å². The molecule has 2 aromatic carbocycles. The van der Waals surface area contributed by atoms with Crippen molar-refractivity contribution >= 4 is 38.9 Å². The van der Waals surface area contributed by atoms with Crippen LogP contribution in [0.4, 0.5) is 15.8 Å². The van der Waals surface area contributed by atoms with Gasteiger partial charge in [-0.05, 0) is 43.2 Å². The molecule has 0 fully saturated rings. The summed E-state index contributed by atoms with van der Waals surface area (Å²) in [5, 5.41) is -0.205. The van der Waals surface area contributed by atoms with Crippen LogP contribution in [0.3, 0.4) is 0 Å². The minimum Gasteiger partial charge on any atom is -0.307 e. The van der Waals surface area contributed by atoms with Crippen LogP contribution in [0.5, 0.6) is 0 Å². The fourth-order valence-corrected chi connectivity index (χ4v) is 4.20. The molecule has 2 aromatic rings. The Bertz CT molecular complexity index is 965. The van der Waals surface area contributed by atoms with E-state index in [1.165, 1.54) is 12.1 Å². The van der Waals surface area contributed by atoms with Gasteiger partial charge in [-0.1, -0.05) is 29.8 Å². The Morgan fingerprint density at radius 1 is 1.31 bits per heavy atom. The Hall–Kier alpha value is -2.12. The second-order valence-corrected chi connectivity index (χ2v) is 8.63. The summed E-state index contributed by atoms with van der Waals surface area (Å²) in [7, 11) is -3.76. The van der Waals surface area contributed by atoms with E-state index in [1.807, 2.05) is 31.2 Å². The van der Waals surface area contributed by atoms with Crippen molar-refractivity contribution in [3.05, 3.63) is 58.9 Å². The SMILES string of the molecule is CC1Cc2ccccc2N1C(=O)CN(c1ccc(F)c(Cl)c1)S(C)(=O)=O. The average Bonchev–Trinajstić information content (AvgIpc) is 2.90. The number of rotatable bonds is 4. The number of halogens is 2. The lowest BCUT2D eigenvalue weighted by molar-refractivity contribution is -0.117. The van der Waals surface area contributed by atoms with Gasteiger partial charge in [-0.25, -0.2) is 12.8 Å². The molecule has 0 aliphatic carbocycles. The number of sulfonamides is 1. The minimum atomic E-state index is -3.76. The number of amides is 1. The number of hydrogen-bond acceptors (Lipinski definition) is 3. The van der Waals surface area contributed by atoms with Gasteiger partial charge in [0.15, 0.2) is 0 Å². The van der Waals surface area contributed by atoms with Crippen molar-refractivity contribution in [1.82, 2.24) is 0 Å². The molecule has 26 heavy (non-hydrogen) atoms. The maximum absolute atomic E-state index is 13.4. The number of hydrogen-bond donors (Lipinski definition) is 0. The molecule has 0 bridgehead atoms. The molecule has 1 aliphatic rings. The van der Waals surface area contributed by atoms with Crippen LogP contribution in [0.25, 0.3) is 0 Å². The number of carbonyl (C=O) groups is 1. The third-order valence-corrected chi connectivity index (χ3v) is 5.78. The minimum absolute atomic E-state index is 0.0712. The highest BCUT2D eigenvalue weighted by Gasteiger charge is 2.33. The van der Waals surface area contributed by atoms with E-state index in [-0.39, 0.29) is 29.2 Å². The first-order valence-corrected chi connectivity index (χ1v) is 10.2. The first-order valence-electron chi connectivity index (χ1n) is 8.01. The van der Waals surface area contributed by atoms with Gasteiger partial charge in [0, 0.05) is 11.7 Å². The maximum Gasteiger partial charge on any atom is 0.248 e. The molecular weight excluding hydrogens is 379 g/mol. The second-order valence-electron chi connectivity index (χ2n) is 6.31. The number of carbonyl (C=O) groups excluding carboxylic acids is 1. The van der Waals surface area contributed by atoms with E-state index in [1.54, 1.807) is 4.90 Å². The van der Waals surface area contributed by atoms with Crippen LogP contribution >= 0.6 is 11.6 Å². The first-order chi connectivity index (χ1) is 12.2. The van der Waals surface area contributed by atoms with Crippen molar-refractivity contribution in [3.63, 3.8) is 0 Å². The third-order valence-electron chi connectivity index (χ3n) is 4.35. The molecule has 0 aromatic heterocycles. The Kier molecular flexibility index (Phi) is 4.94. The van der Waals surface area contributed by atoms with Crippen LogP contribution in [0.15, 0.2) is 42.5 Å². The third kappa shape index (κ3) is 3.54. The first kappa shape index (κ1) is 18.7. The summed E-state index contributed by atoms with van der Waals surface area (Å²) < 4.78 is 38.8. The molecule has 1 aliphatic heterocycles. The van der Waals surface area contributed by atoms with Gasteiger partial charge in [0.25, 0.3) is 0 Å². The van der Waals surface area contributed by atoms with E-state index in [9.17, 15) is 17.6 Å². The average molecular weight is 397 g/mol. The van der Waals surface area contributed by atoms with Crippen molar-refractivity contribution in [2.75, 3.05) is 22.0 Å². The lowest BCUT2D eigenvalue weighted by Crippen LogP contribution is -2.45. The summed E-state index contributed by atoms with van der Waals surface area (Å²) in [6.45, 7) is 1.52. The summed E-state index contributed by atoms with van der Waals surface area (Å²) in [6.07, 6.45) is 1.71. The largest absolute Gasteiger partial charge is 0.307 e. The van der Waals surface area contributed by atoms with Gasteiger partial charge < -0.3 is 4.90 Å². The molecule has 0 saturated carbocycles. The summed E-state index contributed by atoms with van der Waals surface area (Å²) in [5.74, 6) is -1.01. The van der Waals surface area contributed by atoms with E-state index in [4.69, 9.17) is 11.6 Å². The zero-order valence-electron chi connectivity index (χ0n) is 14.3. The molecular formula is C18H18ClFN2O3S. The number of anilines is 2. The molecule has 0 radical (unpaired) electrons. The number of benzene rings is 2. The topological polar surface area (TPSA) is 57.7 Å². The molecule has 0 saturated heterocycles. The number of fused-ring (bicyclic) bond motifs is 1. The van der Waals surface area contributed by atoms with Crippen molar-refractivity contribution in [3.8, 4) is 0 Å². The summed E-state index contributed by atoms with van der Waals surface area (Å²) in [6, 6.07) is 11.0. The fourth-order valence-electron chi connectivity index (χ4n) is 3.18. The number of nitrogens with zero attached hydrogens (tertiary/aromatic N) is 2. The van der Waals surface area contributed by atoms with Crippen molar-refractivity contribution in [2.24, 2.45) is 0 Å². The van der Waals surface area contributed by atoms with E-state index in [0.29, 0.717) is 6.42 Å². The van der Waals surface area contributed by atoms with E-state index < -0.39 is 15.8 Å². The molecule has 138 valence electrons. The highest BCUT2D eigenvalue weighted by atomic mass is 35.5. The van der Waals surface area contributed by atoms with E-state index in [2.05, 4.69) is 0 Å². The fraction of sp³-hybridized carbons (Fsp3) is 0.278. The smallest absolute Gasteiger partial charge is 0.248 e. The van der Waals surface area contributed by atoms with Crippen molar-refractivity contribution in [2.45, 2.75) is 19.4 Å². The molecule has 0 N–H and O–H groups in total. The Morgan fingerprint density at radius 2 is 2.00 bits per heavy atom. The predicted molar refractivity (Wildman–Crippen MR) is 101 cm³/mol. The van der Waals surface area contributed by atoms with Crippen LogP contribution in [-0.4, -0.2) is 33.2 Å². The van der Waals surface area contributed by atoms with Crippen LogP contribution < -0.4 is 9.21 Å². The quantitative estimate of drug-likeness (QED) is 0.797. The zero-order valence-corrected chi connectivity index (χ0v) is 15.9. The maximum atomic E-state index is 13.4. The van der Waals surface area contributed by atoms with Crippen molar-refractivity contribution < 1.29 is 17.6 Å². The monoisotopic (exact) mass is 396 g/mol. The van der Waals surface area contributed by atoms with Gasteiger partial charge in [-0.15, -0.1) is 0 Å². The summed E-state index contributed by atoms with van der Waals surface area (Å²) >= 11 is 5.77. The van der Waals surface area contributed by atoms with Gasteiger partial charge in [0.2, 0.25) is 15.9 Å². The highest BCUT2D eigenvalue weighted by Crippen LogP contribution is 2.32. The second kappa shape index (κ2) is 6.89. The molecule has 3 rings (SSSR count). The lowest BCUT2D eigenvalue weighted by Gasteiger charge is -2.28. The Morgan fingerprint density at radius 3 is 2.65 bits per heavy atom. The van der Waals surface area contributed by atoms with Gasteiger partial charge in [-0.3, -0.25) is 9.10 Å². The number of para-hydroxylation sites is 1. The van der Waals surface area contributed by atoms with Gasteiger partial charge in [0.1, 0.15) is 12.4 Å². The van der Waals surface area contributed by atoms with Crippen LogP contribution in [-0.2, 0) is 21.2 Å². The van der Waals surface area contributed by atoms with Crippen LogP contribution in [0.1, 0.15) is 12.5 Å². The summed E-state index contributed by atoms with van der Waals surface area (Å²) in [4.78, 5) is 14.5. The molecule has 0 spiro atoms. The molecule has 5 nitrogen and oxygen atoms in total. The van der Waals surface area contributed by atoms with Gasteiger partial charge in [-0.2, -0.15) is 0 Å². The Balaban J connectivity index is 1.93. The van der Waals surface area contributed by atoms with Crippen LogP contribution in [0, 0.1) is 5.82 Å². The normalized spacial score (nSPS) is 16.5. The summed E-state index contributed by atoms with van der Waals surface area (Å²) in [5.41, 5.74) is 1.98. The van der Waals surface area contributed by atoms with E-state index >= 15 is 0 Å². The molecule has 1 amide bonds. The van der Waals surface area contributed by atoms with Gasteiger partial charge >= 0.3 is 0 Å². The lowest BCUT2D eigenvalue weighted by atomic mass is 10.1. The zero-order chi connectivity index (χ0) is 19.1. The highest BCUT2D eigenvalue weighted by molar-refractivity contribution is 7.92. The van der Waals surface area contributed by atoms with Crippen molar-refractivity contribution in [1.29, 1.82) is 0 Å². The molecule has 8 heteroatoms.